The lowest BCUT2D eigenvalue weighted by Crippen LogP contribution is -2.39. The van der Waals surface area contributed by atoms with Crippen LogP contribution in [0.15, 0.2) is 24.3 Å². The molecule has 0 radical (unpaired) electrons. The number of hydrogen-bond donors (Lipinski definition) is 2. The van der Waals surface area contributed by atoms with E-state index >= 15 is 0 Å². The van der Waals surface area contributed by atoms with Crippen molar-refractivity contribution in [1.29, 1.82) is 0 Å². The fourth-order valence-corrected chi connectivity index (χ4v) is 2.96. The van der Waals surface area contributed by atoms with E-state index in [1.54, 1.807) is 6.92 Å². The first-order valence-electron chi connectivity index (χ1n) is 8.18. The number of hydrogen-bond acceptors (Lipinski definition) is 4. The maximum atomic E-state index is 12.2. The van der Waals surface area contributed by atoms with Gasteiger partial charge in [0.2, 0.25) is 5.91 Å². The van der Waals surface area contributed by atoms with Crippen LogP contribution in [0.4, 0.5) is 13.2 Å². The van der Waals surface area contributed by atoms with Crippen LogP contribution in [0.1, 0.15) is 31.9 Å². The molecular formula is C17H25ClF3N3O2. The van der Waals surface area contributed by atoms with E-state index in [0.29, 0.717) is 12.1 Å². The molecule has 1 aliphatic heterocycles. The topological polar surface area (TPSA) is 67.6 Å². The van der Waals surface area contributed by atoms with E-state index in [9.17, 15) is 18.0 Å². The van der Waals surface area contributed by atoms with Gasteiger partial charge in [-0.05, 0) is 49.5 Å². The summed E-state index contributed by atoms with van der Waals surface area (Å²) in [5.74, 6) is -0.405. The molecule has 0 bridgehead atoms. The second-order valence-electron chi connectivity index (χ2n) is 6.88. The Hall–Kier alpha value is -1.51. The number of ether oxygens (including phenoxy) is 1. The second kappa shape index (κ2) is 8.92. The lowest BCUT2D eigenvalue weighted by molar-refractivity contribution is -0.274. The summed E-state index contributed by atoms with van der Waals surface area (Å²) in [5, 5.41) is 2.86. The van der Waals surface area contributed by atoms with Crippen molar-refractivity contribution in [2.24, 2.45) is 11.1 Å². The first kappa shape index (κ1) is 22.5. The summed E-state index contributed by atoms with van der Waals surface area (Å²) in [6, 6.07) is 5.17. The molecule has 0 saturated carbocycles. The number of nitrogens with zero attached hydrogens (tertiary/aromatic N) is 1. The normalized spacial score (nSPS) is 21.8. The van der Waals surface area contributed by atoms with Gasteiger partial charge in [-0.3, -0.25) is 9.69 Å². The highest BCUT2D eigenvalue weighted by molar-refractivity contribution is 5.85. The Bertz CT molecular complexity index is 598. The van der Waals surface area contributed by atoms with Crippen molar-refractivity contribution in [2.45, 2.75) is 32.7 Å². The van der Waals surface area contributed by atoms with Crippen molar-refractivity contribution in [1.82, 2.24) is 10.2 Å². The minimum atomic E-state index is -4.71. The minimum absolute atomic E-state index is 0. The first-order valence-corrected chi connectivity index (χ1v) is 8.18. The minimum Gasteiger partial charge on any atom is -0.406 e. The van der Waals surface area contributed by atoms with Crippen LogP contribution in [0.5, 0.6) is 5.75 Å². The van der Waals surface area contributed by atoms with Crippen LogP contribution >= 0.6 is 12.4 Å². The highest BCUT2D eigenvalue weighted by Crippen LogP contribution is 2.28. The van der Waals surface area contributed by atoms with Crippen LogP contribution in [-0.4, -0.2) is 43.3 Å². The molecule has 1 saturated heterocycles. The molecular weight excluding hydrogens is 371 g/mol. The molecule has 148 valence electrons. The Kier molecular flexibility index (Phi) is 7.73. The summed E-state index contributed by atoms with van der Waals surface area (Å²) in [7, 11) is 0. The van der Waals surface area contributed by atoms with Crippen molar-refractivity contribution in [3.8, 4) is 5.75 Å². The molecule has 1 aromatic carbocycles. The summed E-state index contributed by atoms with van der Waals surface area (Å²) in [5.41, 5.74) is 6.52. The quantitative estimate of drug-likeness (QED) is 0.777. The Balaban J connectivity index is 0.00000338. The van der Waals surface area contributed by atoms with Gasteiger partial charge in [0.1, 0.15) is 5.75 Å². The molecule has 26 heavy (non-hydrogen) atoms. The van der Waals surface area contributed by atoms with Crippen molar-refractivity contribution in [3.05, 3.63) is 29.8 Å². The van der Waals surface area contributed by atoms with Crippen molar-refractivity contribution in [2.75, 3.05) is 26.2 Å². The molecule has 9 heteroatoms. The fraction of sp³-hybridized carbons (Fsp3) is 0.588. The molecule has 2 atom stereocenters. The summed E-state index contributed by atoms with van der Waals surface area (Å²) in [4.78, 5) is 14.2. The van der Waals surface area contributed by atoms with Gasteiger partial charge in [-0.2, -0.15) is 0 Å². The number of rotatable bonds is 6. The van der Waals surface area contributed by atoms with E-state index in [1.807, 2.05) is 0 Å². The Labute approximate surface area is 157 Å². The number of alkyl halides is 3. The number of carbonyl (C=O) groups excluding carboxylic acids is 1. The number of nitrogens with two attached hydrogens (primary N) is 1. The van der Waals surface area contributed by atoms with E-state index in [1.165, 1.54) is 24.3 Å². The molecule has 0 aliphatic carbocycles. The van der Waals surface area contributed by atoms with Gasteiger partial charge in [-0.15, -0.1) is 25.6 Å². The predicted octanol–water partition coefficient (Wildman–Crippen LogP) is 2.85. The maximum Gasteiger partial charge on any atom is 0.573 e. The largest absolute Gasteiger partial charge is 0.573 e. The summed E-state index contributed by atoms with van der Waals surface area (Å²) < 4.78 is 40.3. The smallest absolute Gasteiger partial charge is 0.406 e. The van der Waals surface area contributed by atoms with Crippen LogP contribution in [0.3, 0.4) is 0 Å². The van der Waals surface area contributed by atoms with Crippen LogP contribution in [0, 0.1) is 5.41 Å². The van der Waals surface area contributed by atoms with E-state index in [-0.39, 0.29) is 42.1 Å². The zero-order chi connectivity index (χ0) is 18.7. The number of benzene rings is 1. The third-order valence-corrected chi connectivity index (χ3v) is 4.49. The van der Waals surface area contributed by atoms with Crippen molar-refractivity contribution >= 4 is 18.3 Å². The van der Waals surface area contributed by atoms with Gasteiger partial charge in [0.15, 0.2) is 0 Å². The monoisotopic (exact) mass is 395 g/mol. The third kappa shape index (κ3) is 6.66. The van der Waals surface area contributed by atoms with Gasteiger partial charge >= 0.3 is 6.36 Å². The van der Waals surface area contributed by atoms with Gasteiger partial charge in [-0.25, -0.2) is 0 Å². The molecule has 0 aromatic heterocycles. The second-order valence-corrected chi connectivity index (χ2v) is 6.88. The fourth-order valence-electron chi connectivity index (χ4n) is 2.96. The molecule has 1 heterocycles. The number of nitrogens with one attached hydrogen (secondary N) is 1. The highest BCUT2D eigenvalue weighted by atomic mass is 35.5. The molecule has 1 fully saturated rings. The van der Waals surface area contributed by atoms with Crippen LogP contribution in [0.25, 0.3) is 0 Å². The molecule has 0 spiro atoms. The molecule has 2 rings (SSSR count). The first-order chi connectivity index (χ1) is 11.6. The number of amides is 1. The highest BCUT2D eigenvalue weighted by Gasteiger charge is 2.33. The van der Waals surface area contributed by atoms with Gasteiger partial charge < -0.3 is 15.8 Å². The number of carbonyl (C=O) groups is 1. The summed E-state index contributed by atoms with van der Waals surface area (Å²) >= 11 is 0. The standard InChI is InChI=1S/C17H24F3N3O2.ClH/c1-12(13-3-5-14(6-4-13)25-17(18,19)20)22-15(24)9-23-8-7-16(2,10-21)11-23;/h3-6,12H,7-11,21H2,1-2H3,(H,22,24);1H. The zero-order valence-electron chi connectivity index (χ0n) is 14.8. The molecule has 2 unspecified atom stereocenters. The Morgan fingerprint density at radius 1 is 1.38 bits per heavy atom. The lowest BCUT2D eigenvalue weighted by atomic mass is 9.90. The zero-order valence-corrected chi connectivity index (χ0v) is 15.6. The Morgan fingerprint density at radius 3 is 2.50 bits per heavy atom. The number of likely N-dealkylation sites (tertiary alicyclic amines) is 1. The van der Waals surface area contributed by atoms with E-state index in [0.717, 1.165) is 19.5 Å². The molecule has 1 aromatic rings. The third-order valence-electron chi connectivity index (χ3n) is 4.49. The SMILES string of the molecule is CC(NC(=O)CN1CCC(C)(CN)C1)c1ccc(OC(F)(F)F)cc1.Cl. The van der Waals surface area contributed by atoms with Gasteiger partial charge in [0, 0.05) is 6.54 Å². The maximum absolute atomic E-state index is 12.2. The lowest BCUT2D eigenvalue weighted by Gasteiger charge is -2.23. The van der Waals surface area contributed by atoms with Crippen molar-refractivity contribution < 1.29 is 22.7 Å². The van der Waals surface area contributed by atoms with Crippen molar-refractivity contribution in [3.63, 3.8) is 0 Å². The molecule has 1 amide bonds. The van der Waals surface area contributed by atoms with Gasteiger partial charge in [0.05, 0.1) is 12.6 Å². The average Bonchev–Trinajstić information content (AvgIpc) is 2.88. The van der Waals surface area contributed by atoms with Crippen LogP contribution in [0.2, 0.25) is 0 Å². The number of halogens is 4. The van der Waals surface area contributed by atoms with E-state index in [4.69, 9.17) is 5.73 Å². The van der Waals surface area contributed by atoms with E-state index in [2.05, 4.69) is 21.9 Å². The predicted molar refractivity (Wildman–Crippen MR) is 95.1 cm³/mol. The van der Waals surface area contributed by atoms with E-state index < -0.39 is 6.36 Å². The molecule has 1 aliphatic rings. The Morgan fingerprint density at radius 2 is 2.00 bits per heavy atom. The molecule has 3 N–H and O–H groups in total. The van der Waals surface area contributed by atoms with Gasteiger partial charge in [-0.1, -0.05) is 19.1 Å². The van der Waals surface area contributed by atoms with Crippen LogP contribution < -0.4 is 15.8 Å². The van der Waals surface area contributed by atoms with Crippen LogP contribution in [-0.2, 0) is 4.79 Å². The average molecular weight is 396 g/mol. The van der Waals surface area contributed by atoms with Gasteiger partial charge in [0.25, 0.3) is 0 Å². The summed E-state index contributed by atoms with van der Waals surface area (Å²) in [6.45, 7) is 6.39. The summed E-state index contributed by atoms with van der Waals surface area (Å²) in [6.07, 6.45) is -3.75. The molecule has 5 nitrogen and oxygen atoms in total.